The van der Waals surface area contributed by atoms with Crippen LogP contribution in [0, 0.1) is 29.2 Å². The van der Waals surface area contributed by atoms with E-state index in [0.717, 1.165) is 5.56 Å². The molecule has 2 atom stereocenters. The maximum atomic E-state index is 14.1. The minimum Gasteiger partial charge on any atom is -0.378 e. The Morgan fingerprint density at radius 1 is 0.964 bits per heavy atom. The number of carbonyl (C=O) groups excluding carboxylic acids is 1. The number of morpholine rings is 1. The van der Waals surface area contributed by atoms with E-state index in [1.807, 2.05) is 30.3 Å². The molecule has 2 heterocycles. The van der Waals surface area contributed by atoms with Gasteiger partial charge in [-0.15, -0.1) is 0 Å². The molecule has 2 saturated heterocycles. The molecule has 2 bridgehead atoms. The maximum absolute atomic E-state index is 14.1. The number of nitrogens with zero attached hydrogens (tertiary/aromatic N) is 1. The van der Waals surface area contributed by atoms with Crippen LogP contribution in [0.1, 0.15) is 28.8 Å². The molecule has 28 heavy (non-hydrogen) atoms. The van der Waals surface area contributed by atoms with Crippen molar-refractivity contribution in [2.45, 2.75) is 31.5 Å². The Morgan fingerprint density at radius 3 is 2.11 bits per heavy atom. The van der Waals surface area contributed by atoms with Gasteiger partial charge in [0.1, 0.15) is 0 Å². The second kappa shape index (κ2) is 7.64. The summed E-state index contributed by atoms with van der Waals surface area (Å²) in [5.41, 5.74) is 0.00599. The van der Waals surface area contributed by atoms with Crippen molar-refractivity contribution in [3.8, 4) is 0 Å². The number of fused-ring (bicyclic) bond motifs is 2. The van der Waals surface area contributed by atoms with Crippen LogP contribution in [0.3, 0.4) is 0 Å². The van der Waals surface area contributed by atoms with E-state index in [1.54, 1.807) is 0 Å². The number of carbonyl (C=O) groups is 1. The Bertz CT molecular complexity index is 849. The predicted molar refractivity (Wildman–Crippen MR) is 93.7 cm³/mol. The lowest BCUT2D eigenvalue weighted by molar-refractivity contribution is -0.0873. The van der Waals surface area contributed by atoms with Crippen LogP contribution in [-0.4, -0.2) is 36.0 Å². The van der Waals surface area contributed by atoms with Gasteiger partial charge in [-0.2, -0.15) is 0 Å². The third-order valence-corrected chi connectivity index (χ3v) is 5.61. The lowest BCUT2D eigenvalue weighted by Gasteiger charge is -2.48. The number of rotatable bonds is 4. The number of hydrogen-bond acceptors (Lipinski definition) is 3. The van der Waals surface area contributed by atoms with Gasteiger partial charge in [-0.25, -0.2) is 17.6 Å². The van der Waals surface area contributed by atoms with Gasteiger partial charge in [0.25, 0.3) is 0 Å². The van der Waals surface area contributed by atoms with E-state index in [9.17, 15) is 22.4 Å². The molecule has 2 aliphatic heterocycles. The average Bonchev–Trinajstić information content (AvgIpc) is 2.67. The van der Waals surface area contributed by atoms with Gasteiger partial charge in [0.05, 0.1) is 18.8 Å². The molecule has 2 aliphatic rings. The standard InChI is InChI=1S/C21H19F4NO2/c22-16-8-17(23)20(25)18(19(16)24)21(27)13-6-14-10-28-11-15(7-13)26(14)9-12-4-2-1-3-5-12/h1-5,8,13-15H,6-7,9-11H2. The first kappa shape index (κ1) is 19.1. The first-order valence-corrected chi connectivity index (χ1v) is 9.20. The number of Topliss-reactive ketones (excluding diaryl/α,β-unsaturated/α-hetero) is 1. The van der Waals surface area contributed by atoms with E-state index in [0.29, 0.717) is 32.6 Å². The van der Waals surface area contributed by atoms with E-state index >= 15 is 0 Å². The van der Waals surface area contributed by atoms with Crippen LogP contribution in [0.25, 0.3) is 0 Å². The summed E-state index contributed by atoms with van der Waals surface area (Å²) in [6.45, 7) is 1.48. The highest BCUT2D eigenvalue weighted by Crippen LogP contribution is 2.36. The largest absolute Gasteiger partial charge is 0.378 e. The molecule has 0 saturated carbocycles. The SMILES string of the molecule is O=C(c1c(F)c(F)cc(F)c1F)C1CC2COCC(C1)N2Cc1ccccc1. The van der Waals surface area contributed by atoms with E-state index in [4.69, 9.17) is 4.74 Å². The van der Waals surface area contributed by atoms with Gasteiger partial charge in [0.2, 0.25) is 0 Å². The fourth-order valence-corrected chi connectivity index (χ4v) is 4.25. The molecule has 3 nitrogen and oxygen atoms in total. The molecule has 148 valence electrons. The number of halogens is 4. The summed E-state index contributed by atoms with van der Waals surface area (Å²) in [5, 5.41) is 0. The maximum Gasteiger partial charge on any atom is 0.172 e. The van der Waals surface area contributed by atoms with Gasteiger partial charge >= 0.3 is 0 Å². The highest BCUT2D eigenvalue weighted by Gasteiger charge is 2.42. The summed E-state index contributed by atoms with van der Waals surface area (Å²) in [4.78, 5) is 15.0. The molecule has 2 fully saturated rings. The second-order valence-corrected chi connectivity index (χ2v) is 7.38. The molecule has 2 aromatic rings. The van der Waals surface area contributed by atoms with Crippen LogP contribution in [0.4, 0.5) is 17.6 Å². The molecule has 0 amide bonds. The van der Waals surface area contributed by atoms with Crippen LogP contribution in [-0.2, 0) is 11.3 Å². The van der Waals surface area contributed by atoms with Crippen molar-refractivity contribution in [1.82, 2.24) is 4.90 Å². The Morgan fingerprint density at radius 2 is 1.54 bits per heavy atom. The van der Waals surface area contributed by atoms with Crippen molar-refractivity contribution < 1.29 is 27.1 Å². The van der Waals surface area contributed by atoms with Gasteiger partial charge in [-0.1, -0.05) is 30.3 Å². The van der Waals surface area contributed by atoms with Crippen LogP contribution < -0.4 is 0 Å². The molecule has 4 rings (SSSR count). The monoisotopic (exact) mass is 393 g/mol. The van der Waals surface area contributed by atoms with Gasteiger partial charge in [-0.05, 0) is 18.4 Å². The molecule has 2 aromatic carbocycles. The number of piperidine rings is 1. The summed E-state index contributed by atoms with van der Waals surface area (Å²) >= 11 is 0. The first-order valence-electron chi connectivity index (χ1n) is 9.20. The predicted octanol–water partition coefficient (Wildman–Crippen LogP) is 4.11. The number of benzene rings is 2. The van der Waals surface area contributed by atoms with Crippen molar-refractivity contribution in [2.24, 2.45) is 5.92 Å². The van der Waals surface area contributed by atoms with Crippen molar-refractivity contribution in [3.05, 3.63) is 70.8 Å². The summed E-state index contributed by atoms with van der Waals surface area (Å²) in [6, 6.07) is 9.75. The smallest absolute Gasteiger partial charge is 0.172 e. The third-order valence-electron chi connectivity index (χ3n) is 5.61. The van der Waals surface area contributed by atoms with E-state index in [2.05, 4.69) is 4.90 Å². The van der Waals surface area contributed by atoms with Crippen molar-refractivity contribution >= 4 is 5.78 Å². The molecule has 7 heteroatoms. The normalized spacial score (nSPS) is 24.9. The van der Waals surface area contributed by atoms with E-state index in [1.165, 1.54) is 0 Å². The van der Waals surface area contributed by atoms with Crippen LogP contribution in [0.15, 0.2) is 36.4 Å². The zero-order chi connectivity index (χ0) is 19.8. The average molecular weight is 393 g/mol. The minimum absolute atomic E-state index is 0.105. The van der Waals surface area contributed by atoms with Gasteiger partial charge < -0.3 is 4.74 Å². The highest BCUT2D eigenvalue weighted by atomic mass is 19.2. The van der Waals surface area contributed by atoms with Crippen molar-refractivity contribution in [2.75, 3.05) is 13.2 Å². The Balaban J connectivity index is 1.57. The Kier molecular flexibility index (Phi) is 5.21. The third kappa shape index (κ3) is 3.44. The Labute approximate surface area is 159 Å². The minimum atomic E-state index is -1.63. The summed E-state index contributed by atoms with van der Waals surface area (Å²) in [5.74, 6) is -7.98. The summed E-state index contributed by atoms with van der Waals surface area (Å²) in [7, 11) is 0. The molecule has 0 radical (unpaired) electrons. The van der Waals surface area contributed by atoms with E-state index in [-0.39, 0.29) is 18.2 Å². The molecule has 0 spiro atoms. The number of ether oxygens (including phenoxy) is 1. The van der Waals surface area contributed by atoms with Crippen LogP contribution >= 0.6 is 0 Å². The van der Waals surface area contributed by atoms with Gasteiger partial charge in [0, 0.05) is 30.6 Å². The topological polar surface area (TPSA) is 29.5 Å². The first-order chi connectivity index (χ1) is 13.5. The van der Waals surface area contributed by atoms with Crippen LogP contribution in [0.5, 0.6) is 0 Å². The zero-order valence-electron chi connectivity index (χ0n) is 15.0. The molecule has 0 N–H and O–H groups in total. The van der Waals surface area contributed by atoms with E-state index < -0.39 is 40.5 Å². The second-order valence-electron chi connectivity index (χ2n) is 7.38. The fourth-order valence-electron chi connectivity index (χ4n) is 4.25. The van der Waals surface area contributed by atoms with Gasteiger partial charge in [-0.3, -0.25) is 9.69 Å². The van der Waals surface area contributed by atoms with Crippen molar-refractivity contribution in [3.63, 3.8) is 0 Å². The molecule has 2 unspecified atom stereocenters. The van der Waals surface area contributed by atoms with Crippen molar-refractivity contribution in [1.29, 1.82) is 0 Å². The van der Waals surface area contributed by atoms with Crippen LogP contribution in [0.2, 0.25) is 0 Å². The number of hydrogen-bond donors (Lipinski definition) is 0. The highest BCUT2D eigenvalue weighted by molar-refractivity contribution is 5.98. The molecule has 0 aliphatic carbocycles. The Hall–Kier alpha value is -2.25. The lowest BCUT2D eigenvalue weighted by Crippen LogP contribution is -2.57. The lowest BCUT2D eigenvalue weighted by atomic mass is 9.80. The number of ketones is 1. The molecular weight excluding hydrogens is 374 g/mol. The van der Waals surface area contributed by atoms with Gasteiger partial charge in [0.15, 0.2) is 29.1 Å². The molecule has 0 aromatic heterocycles. The quantitative estimate of drug-likeness (QED) is 0.445. The zero-order valence-corrected chi connectivity index (χ0v) is 15.0. The fraction of sp³-hybridized carbons (Fsp3) is 0.381. The molecular formula is C21H19F4NO2. The summed E-state index contributed by atoms with van der Waals surface area (Å²) in [6.07, 6.45) is 0.637. The summed E-state index contributed by atoms with van der Waals surface area (Å²) < 4.78 is 60.8.